The lowest BCUT2D eigenvalue weighted by atomic mass is 10.2. The molecule has 0 aromatic heterocycles. The Morgan fingerprint density at radius 3 is 2.32 bits per heavy atom. The molecule has 142 valence electrons. The van der Waals surface area contributed by atoms with Gasteiger partial charge in [0.15, 0.2) is 0 Å². The summed E-state index contributed by atoms with van der Waals surface area (Å²) in [5.74, 6) is 0.411. The van der Waals surface area contributed by atoms with E-state index >= 15 is 0 Å². The highest BCUT2D eigenvalue weighted by Gasteiger charge is 2.10. The van der Waals surface area contributed by atoms with Gasteiger partial charge in [-0.15, -0.1) is 0 Å². The first-order chi connectivity index (χ1) is 13.5. The molecule has 0 aliphatic heterocycles. The summed E-state index contributed by atoms with van der Waals surface area (Å²) < 4.78 is 10.7. The van der Waals surface area contributed by atoms with Gasteiger partial charge in [0.1, 0.15) is 17.2 Å². The van der Waals surface area contributed by atoms with E-state index in [-0.39, 0.29) is 11.5 Å². The van der Waals surface area contributed by atoms with Crippen LogP contribution in [0.25, 0.3) is 0 Å². The van der Waals surface area contributed by atoms with Crippen molar-refractivity contribution in [1.29, 1.82) is 0 Å². The number of nitrogens with zero attached hydrogens (tertiary/aromatic N) is 1. The van der Waals surface area contributed by atoms with Crippen molar-refractivity contribution < 1.29 is 19.4 Å². The van der Waals surface area contributed by atoms with Crippen LogP contribution in [0.3, 0.4) is 0 Å². The van der Waals surface area contributed by atoms with Gasteiger partial charge in [0.2, 0.25) is 0 Å². The molecule has 3 aromatic rings. The molecule has 5 heteroatoms. The average Bonchev–Trinajstić information content (AvgIpc) is 2.69. The molecule has 0 radical (unpaired) electrons. The van der Waals surface area contributed by atoms with Crippen LogP contribution < -0.4 is 9.47 Å². The van der Waals surface area contributed by atoms with Gasteiger partial charge in [0.25, 0.3) is 0 Å². The maximum absolute atomic E-state index is 12.2. The van der Waals surface area contributed by atoms with Gasteiger partial charge in [0.05, 0.1) is 17.9 Å². The number of aryl methyl sites for hydroxylation is 1. The fourth-order valence-electron chi connectivity index (χ4n) is 2.49. The third-order valence-corrected chi connectivity index (χ3v) is 4.00. The molecular formula is C23H21NO4. The fraction of sp³-hybridized carbons (Fsp3) is 0.130. The van der Waals surface area contributed by atoms with Crippen LogP contribution in [0, 0.1) is 6.92 Å². The van der Waals surface area contributed by atoms with E-state index in [2.05, 4.69) is 4.99 Å². The molecule has 0 aliphatic rings. The van der Waals surface area contributed by atoms with Crippen molar-refractivity contribution in [3.05, 3.63) is 83.4 Å². The van der Waals surface area contributed by atoms with Crippen molar-refractivity contribution in [3.8, 4) is 17.2 Å². The van der Waals surface area contributed by atoms with Crippen LogP contribution >= 0.6 is 0 Å². The second-order valence-electron chi connectivity index (χ2n) is 6.16. The van der Waals surface area contributed by atoms with E-state index in [9.17, 15) is 9.90 Å². The number of aliphatic imine (C=N–C) groups is 1. The summed E-state index contributed by atoms with van der Waals surface area (Å²) >= 11 is 0. The minimum Gasteiger partial charge on any atom is -0.507 e. The summed E-state index contributed by atoms with van der Waals surface area (Å²) in [6, 6.07) is 19.1. The molecule has 3 aromatic carbocycles. The lowest BCUT2D eigenvalue weighted by Gasteiger charge is -2.07. The number of ether oxygens (including phenoxy) is 2. The zero-order chi connectivity index (χ0) is 19.9. The van der Waals surface area contributed by atoms with Gasteiger partial charge in [-0.05, 0) is 62.4 Å². The van der Waals surface area contributed by atoms with Gasteiger partial charge >= 0.3 is 5.97 Å². The molecule has 3 rings (SSSR count). The summed E-state index contributed by atoms with van der Waals surface area (Å²) in [6.45, 7) is 4.46. The standard InChI is InChI=1S/C23H21NO4/c1-3-27-20-11-6-17(7-12-20)23(26)28-21-13-8-18(22(25)14-21)15-24-19-9-4-16(2)5-10-19/h4-15,25H,3H2,1-2H3. The zero-order valence-corrected chi connectivity index (χ0v) is 15.8. The molecule has 0 amide bonds. The van der Waals surface area contributed by atoms with Crippen molar-refractivity contribution in [2.45, 2.75) is 13.8 Å². The second-order valence-corrected chi connectivity index (χ2v) is 6.16. The molecule has 0 bridgehead atoms. The molecule has 0 atom stereocenters. The van der Waals surface area contributed by atoms with Crippen LogP contribution in [-0.2, 0) is 0 Å². The van der Waals surface area contributed by atoms with Gasteiger partial charge < -0.3 is 14.6 Å². The lowest BCUT2D eigenvalue weighted by molar-refractivity contribution is 0.0734. The van der Waals surface area contributed by atoms with Crippen LogP contribution in [0.2, 0.25) is 0 Å². The summed E-state index contributed by atoms with van der Waals surface area (Å²) in [5, 5.41) is 10.2. The maximum atomic E-state index is 12.2. The van der Waals surface area contributed by atoms with Crippen molar-refractivity contribution in [2.75, 3.05) is 6.61 Å². The van der Waals surface area contributed by atoms with Crippen LogP contribution in [0.4, 0.5) is 5.69 Å². The maximum Gasteiger partial charge on any atom is 0.343 e. The number of rotatable bonds is 6. The van der Waals surface area contributed by atoms with Crippen LogP contribution in [-0.4, -0.2) is 23.9 Å². The van der Waals surface area contributed by atoms with Gasteiger partial charge in [-0.1, -0.05) is 17.7 Å². The molecule has 0 heterocycles. The van der Waals surface area contributed by atoms with E-state index in [1.54, 1.807) is 42.6 Å². The number of benzene rings is 3. The van der Waals surface area contributed by atoms with E-state index in [4.69, 9.17) is 9.47 Å². The Balaban J connectivity index is 1.67. The Morgan fingerprint density at radius 2 is 1.68 bits per heavy atom. The van der Waals surface area contributed by atoms with Gasteiger partial charge in [-0.2, -0.15) is 0 Å². The van der Waals surface area contributed by atoms with E-state index in [1.807, 2.05) is 38.1 Å². The quantitative estimate of drug-likeness (QED) is 0.371. The topological polar surface area (TPSA) is 68.1 Å². The zero-order valence-electron chi connectivity index (χ0n) is 15.8. The highest BCUT2D eigenvalue weighted by Crippen LogP contribution is 2.24. The molecule has 0 aliphatic carbocycles. The van der Waals surface area contributed by atoms with E-state index < -0.39 is 5.97 Å². The largest absolute Gasteiger partial charge is 0.507 e. The van der Waals surface area contributed by atoms with E-state index in [1.165, 1.54) is 6.07 Å². The van der Waals surface area contributed by atoms with Crippen molar-refractivity contribution in [1.82, 2.24) is 0 Å². The van der Waals surface area contributed by atoms with Gasteiger partial charge in [0, 0.05) is 17.8 Å². The molecule has 5 nitrogen and oxygen atoms in total. The van der Waals surface area contributed by atoms with Crippen LogP contribution in [0.15, 0.2) is 71.7 Å². The molecule has 0 fully saturated rings. The third kappa shape index (κ3) is 4.98. The number of phenolic OH excluding ortho intramolecular Hbond substituents is 1. The number of carbonyl (C=O) groups excluding carboxylic acids is 1. The average molecular weight is 375 g/mol. The predicted molar refractivity (Wildman–Crippen MR) is 109 cm³/mol. The highest BCUT2D eigenvalue weighted by molar-refractivity contribution is 5.91. The molecule has 0 saturated carbocycles. The minimum absolute atomic E-state index is 0.0205. The summed E-state index contributed by atoms with van der Waals surface area (Å²) in [5.41, 5.74) is 2.87. The summed E-state index contributed by atoms with van der Waals surface area (Å²) in [7, 11) is 0. The number of aromatic hydroxyl groups is 1. The van der Waals surface area contributed by atoms with Gasteiger partial charge in [-0.25, -0.2) is 4.79 Å². The third-order valence-electron chi connectivity index (χ3n) is 4.00. The number of phenols is 1. The van der Waals surface area contributed by atoms with Gasteiger partial charge in [-0.3, -0.25) is 4.99 Å². The summed E-state index contributed by atoms with van der Waals surface area (Å²) in [4.78, 5) is 16.6. The van der Waals surface area contributed by atoms with Crippen molar-refractivity contribution in [3.63, 3.8) is 0 Å². The van der Waals surface area contributed by atoms with Crippen molar-refractivity contribution in [2.24, 2.45) is 4.99 Å². The Kier molecular flexibility index (Phi) is 6.07. The SMILES string of the molecule is CCOc1ccc(C(=O)Oc2ccc(C=Nc3ccc(C)cc3)c(O)c2)cc1. The van der Waals surface area contributed by atoms with Crippen LogP contribution in [0.5, 0.6) is 17.2 Å². The Labute approximate surface area is 163 Å². The normalized spacial score (nSPS) is 10.8. The number of esters is 1. The lowest BCUT2D eigenvalue weighted by Crippen LogP contribution is -2.08. The first-order valence-electron chi connectivity index (χ1n) is 8.94. The van der Waals surface area contributed by atoms with Crippen LogP contribution in [0.1, 0.15) is 28.4 Å². The highest BCUT2D eigenvalue weighted by atomic mass is 16.5. The second kappa shape index (κ2) is 8.86. The smallest absolute Gasteiger partial charge is 0.343 e. The molecule has 0 saturated heterocycles. The van der Waals surface area contributed by atoms with E-state index in [0.29, 0.717) is 23.5 Å². The minimum atomic E-state index is -0.511. The first-order valence-corrected chi connectivity index (χ1v) is 8.94. The number of carbonyl (C=O) groups is 1. The molecular weight excluding hydrogens is 354 g/mol. The molecule has 1 N–H and O–H groups in total. The molecule has 0 unspecified atom stereocenters. The summed E-state index contributed by atoms with van der Waals surface area (Å²) in [6.07, 6.45) is 1.57. The van der Waals surface area contributed by atoms with E-state index in [0.717, 1.165) is 11.3 Å². The molecule has 28 heavy (non-hydrogen) atoms. The Hall–Kier alpha value is -3.60. The predicted octanol–water partition coefficient (Wildman–Crippen LogP) is 5.07. The number of hydrogen-bond acceptors (Lipinski definition) is 5. The Bertz CT molecular complexity index is 976. The van der Waals surface area contributed by atoms with Crippen molar-refractivity contribution >= 4 is 17.9 Å². The first kappa shape index (κ1) is 19.2. The Morgan fingerprint density at radius 1 is 1.00 bits per heavy atom. The number of hydrogen-bond donors (Lipinski definition) is 1. The monoisotopic (exact) mass is 375 g/mol. The molecule has 0 spiro atoms. The fourth-order valence-corrected chi connectivity index (χ4v) is 2.49.